The van der Waals surface area contributed by atoms with Gasteiger partial charge < -0.3 is 5.32 Å². The molecule has 4 nitrogen and oxygen atoms in total. The fourth-order valence-corrected chi connectivity index (χ4v) is 3.56. The summed E-state index contributed by atoms with van der Waals surface area (Å²) in [6.45, 7) is 1.98. The van der Waals surface area contributed by atoms with Crippen molar-refractivity contribution in [1.29, 1.82) is 0 Å². The molecule has 162 valence electrons. The molecule has 1 amide bonds. The minimum absolute atomic E-state index is 0.00167. The van der Waals surface area contributed by atoms with Crippen molar-refractivity contribution in [2.75, 3.05) is 0 Å². The van der Waals surface area contributed by atoms with Gasteiger partial charge in [0.1, 0.15) is 5.69 Å². The summed E-state index contributed by atoms with van der Waals surface area (Å²) in [6.07, 6.45) is 4.82. The summed E-state index contributed by atoms with van der Waals surface area (Å²) >= 11 is 0. The first kappa shape index (κ1) is 21.4. The molecule has 1 atom stereocenters. The van der Waals surface area contributed by atoms with Crippen molar-refractivity contribution in [3.8, 4) is 16.8 Å². The van der Waals surface area contributed by atoms with Crippen molar-refractivity contribution in [3.63, 3.8) is 0 Å². The second-order valence-electron chi connectivity index (χ2n) is 7.72. The number of hydrogen-bond acceptors (Lipinski definition) is 2. The van der Waals surface area contributed by atoms with Crippen LogP contribution >= 0.6 is 0 Å². The first-order valence-corrected chi connectivity index (χ1v) is 10.4. The van der Waals surface area contributed by atoms with Crippen LogP contribution in [0.2, 0.25) is 0 Å². The van der Waals surface area contributed by atoms with Gasteiger partial charge in [-0.25, -0.2) is 13.8 Å². The third-order valence-electron chi connectivity index (χ3n) is 5.36. The topological polar surface area (TPSA) is 46.9 Å². The Morgan fingerprint density at radius 3 is 2.41 bits per heavy atom. The van der Waals surface area contributed by atoms with Crippen LogP contribution in [0.25, 0.3) is 16.8 Å². The second-order valence-corrected chi connectivity index (χ2v) is 7.72. The first-order chi connectivity index (χ1) is 15.5. The number of aromatic nitrogens is 2. The number of nitrogens with zero attached hydrogens (tertiary/aromatic N) is 2. The van der Waals surface area contributed by atoms with Crippen molar-refractivity contribution in [2.45, 2.75) is 25.8 Å². The number of rotatable bonds is 7. The Morgan fingerprint density at radius 1 is 0.969 bits per heavy atom. The van der Waals surface area contributed by atoms with E-state index in [0.29, 0.717) is 11.3 Å². The number of amides is 1. The summed E-state index contributed by atoms with van der Waals surface area (Å²) in [5.74, 6) is -1.97. The van der Waals surface area contributed by atoms with Gasteiger partial charge in [0.05, 0.1) is 12.5 Å². The number of carbonyl (C=O) groups is 1. The van der Waals surface area contributed by atoms with E-state index in [0.717, 1.165) is 36.2 Å². The van der Waals surface area contributed by atoms with Crippen LogP contribution in [0.5, 0.6) is 0 Å². The summed E-state index contributed by atoms with van der Waals surface area (Å²) < 4.78 is 28.4. The van der Waals surface area contributed by atoms with Gasteiger partial charge in [-0.05, 0) is 60.7 Å². The molecule has 4 rings (SSSR count). The van der Waals surface area contributed by atoms with E-state index in [4.69, 9.17) is 0 Å². The van der Waals surface area contributed by atoms with Crippen molar-refractivity contribution < 1.29 is 13.6 Å². The molecule has 0 unspecified atom stereocenters. The van der Waals surface area contributed by atoms with E-state index in [1.165, 1.54) is 17.8 Å². The predicted molar refractivity (Wildman–Crippen MR) is 121 cm³/mol. The third kappa shape index (κ3) is 4.91. The minimum Gasteiger partial charge on any atom is -0.348 e. The summed E-state index contributed by atoms with van der Waals surface area (Å²) in [7, 11) is 0. The number of carbonyl (C=O) groups excluding carboxylic acids is 1. The molecule has 0 bridgehead atoms. The highest BCUT2D eigenvalue weighted by Crippen LogP contribution is 2.23. The summed E-state index contributed by atoms with van der Waals surface area (Å²) in [5, 5.41) is 3.03. The summed E-state index contributed by atoms with van der Waals surface area (Å²) in [5.41, 5.74) is 3.73. The normalized spacial score (nSPS) is 11.8. The zero-order valence-corrected chi connectivity index (χ0v) is 17.6. The molecule has 0 saturated heterocycles. The molecule has 32 heavy (non-hydrogen) atoms. The van der Waals surface area contributed by atoms with E-state index < -0.39 is 11.6 Å². The lowest BCUT2D eigenvalue weighted by molar-refractivity contribution is 0.0931. The average Bonchev–Trinajstić information content (AvgIpc) is 3.30. The molecule has 3 aromatic carbocycles. The standard InChI is InChI=1S/C26H23F2N3O/c1-18(7-8-19-5-3-2-4-6-19)30-26(32)25-16-29-17-31(25)22-12-9-20(10-13-22)21-11-14-23(27)24(28)15-21/h2-6,9-18H,7-8H2,1H3,(H,30,32)/t18-/m1/s1. The maximum absolute atomic E-state index is 13.5. The molecule has 0 fully saturated rings. The molecule has 0 aliphatic heterocycles. The van der Waals surface area contributed by atoms with Gasteiger partial charge in [-0.1, -0.05) is 48.5 Å². The van der Waals surface area contributed by atoms with Gasteiger partial charge in [-0.15, -0.1) is 0 Å². The predicted octanol–water partition coefficient (Wildman–Crippen LogP) is 5.57. The van der Waals surface area contributed by atoms with E-state index in [1.54, 1.807) is 23.0 Å². The van der Waals surface area contributed by atoms with Crippen molar-refractivity contribution in [1.82, 2.24) is 14.9 Å². The zero-order valence-electron chi connectivity index (χ0n) is 17.6. The van der Waals surface area contributed by atoms with Crippen LogP contribution in [0.15, 0.2) is 85.3 Å². The van der Waals surface area contributed by atoms with Crippen molar-refractivity contribution >= 4 is 5.91 Å². The van der Waals surface area contributed by atoms with Crippen LogP contribution in [-0.2, 0) is 6.42 Å². The number of benzene rings is 3. The molecule has 0 spiro atoms. The average molecular weight is 431 g/mol. The van der Waals surface area contributed by atoms with Crippen LogP contribution < -0.4 is 5.32 Å². The summed E-state index contributed by atoms with van der Waals surface area (Å²) in [4.78, 5) is 17.0. The van der Waals surface area contributed by atoms with Gasteiger partial charge in [-0.3, -0.25) is 9.36 Å². The Kier molecular flexibility index (Phi) is 6.40. The molecular weight excluding hydrogens is 408 g/mol. The van der Waals surface area contributed by atoms with Gasteiger partial charge in [0, 0.05) is 11.7 Å². The largest absolute Gasteiger partial charge is 0.348 e. The molecule has 0 aliphatic rings. The smallest absolute Gasteiger partial charge is 0.270 e. The highest BCUT2D eigenvalue weighted by molar-refractivity contribution is 5.93. The van der Waals surface area contributed by atoms with Crippen LogP contribution in [-0.4, -0.2) is 21.5 Å². The van der Waals surface area contributed by atoms with Crippen LogP contribution in [0, 0.1) is 11.6 Å². The number of hydrogen-bond donors (Lipinski definition) is 1. The van der Waals surface area contributed by atoms with Crippen LogP contribution in [0.3, 0.4) is 0 Å². The third-order valence-corrected chi connectivity index (χ3v) is 5.36. The van der Waals surface area contributed by atoms with Gasteiger partial charge in [0.25, 0.3) is 5.91 Å². The molecule has 1 aromatic heterocycles. The van der Waals surface area contributed by atoms with Gasteiger partial charge in [0.2, 0.25) is 0 Å². The first-order valence-electron chi connectivity index (χ1n) is 10.4. The Morgan fingerprint density at radius 2 is 1.69 bits per heavy atom. The molecular formula is C26H23F2N3O. The molecule has 0 aliphatic carbocycles. The Hall–Kier alpha value is -3.80. The Bertz CT molecular complexity index is 1200. The lowest BCUT2D eigenvalue weighted by atomic mass is 10.1. The number of aryl methyl sites for hydroxylation is 1. The van der Waals surface area contributed by atoms with Gasteiger partial charge in [0.15, 0.2) is 11.6 Å². The second kappa shape index (κ2) is 9.56. The van der Waals surface area contributed by atoms with E-state index in [-0.39, 0.29) is 11.9 Å². The fraction of sp³-hybridized carbons (Fsp3) is 0.154. The van der Waals surface area contributed by atoms with Crippen LogP contribution in [0.4, 0.5) is 8.78 Å². The molecule has 6 heteroatoms. The van der Waals surface area contributed by atoms with E-state index in [9.17, 15) is 13.6 Å². The number of halogens is 2. The number of nitrogens with one attached hydrogen (secondary N) is 1. The van der Waals surface area contributed by atoms with Gasteiger partial charge in [-0.2, -0.15) is 0 Å². The lowest BCUT2D eigenvalue weighted by Gasteiger charge is -2.15. The summed E-state index contributed by atoms with van der Waals surface area (Å²) in [6, 6.07) is 21.2. The molecule has 4 aromatic rings. The fourth-order valence-electron chi connectivity index (χ4n) is 3.56. The zero-order chi connectivity index (χ0) is 22.5. The highest BCUT2D eigenvalue weighted by Gasteiger charge is 2.16. The molecule has 1 heterocycles. The Labute approximate surface area is 185 Å². The van der Waals surface area contributed by atoms with Crippen molar-refractivity contribution in [2.24, 2.45) is 0 Å². The van der Waals surface area contributed by atoms with E-state index >= 15 is 0 Å². The monoisotopic (exact) mass is 431 g/mol. The van der Waals surface area contributed by atoms with Crippen molar-refractivity contribution in [3.05, 3.63) is 108 Å². The SMILES string of the molecule is C[C@H](CCc1ccccc1)NC(=O)c1cncn1-c1ccc(-c2ccc(F)c(F)c2)cc1. The number of imidazole rings is 1. The maximum atomic E-state index is 13.5. The van der Waals surface area contributed by atoms with Gasteiger partial charge >= 0.3 is 0 Å². The molecule has 0 radical (unpaired) electrons. The lowest BCUT2D eigenvalue weighted by Crippen LogP contribution is -2.34. The van der Waals surface area contributed by atoms with Crippen LogP contribution in [0.1, 0.15) is 29.4 Å². The molecule has 0 saturated carbocycles. The minimum atomic E-state index is -0.887. The van der Waals surface area contributed by atoms with E-state index in [1.807, 2.05) is 37.3 Å². The maximum Gasteiger partial charge on any atom is 0.270 e. The molecule has 1 N–H and O–H groups in total. The Balaban J connectivity index is 1.44. The highest BCUT2D eigenvalue weighted by atomic mass is 19.2. The van der Waals surface area contributed by atoms with E-state index in [2.05, 4.69) is 22.4 Å². The quantitative estimate of drug-likeness (QED) is 0.416.